The molecule has 0 atom stereocenters. The quantitative estimate of drug-likeness (QED) is 0.944. The Morgan fingerprint density at radius 3 is 2.48 bits per heavy atom. The summed E-state index contributed by atoms with van der Waals surface area (Å²) >= 11 is 0. The Balaban J connectivity index is 2.48. The number of nitrogen functional groups attached to an aromatic ring is 1. The summed E-state index contributed by atoms with van der Waals surface area (Å²) in [4.78, 5) is 8.49. The van der Waals surface area contributed by atoms with Gasteiger partial charge in [0.2, 0.25) is 5.95 Å². The van der Waals surface area contributed by atoms with Crippen molar-refractivity contribution in [3.8, 4) is 5.75 Å². The van der Waals surface area contributed by atoms with Crippen LogP contribution in [-0.4, -0.2) is 24.1 Å². The first-order chi connectivity index (χ1) is 9.82. The maximum absolute atomic E-state index is 12.8. The van der Waals surface area contributed by atoms with Crippen molar-refractivity contribution < 1.29 is 17.9 Å². The van der Waals surface area contributed by atoms with Crippen LogP contribution < -0.4 is 15.4 Å². The van der Waals surface area contributed by atoms with Crippen molar-refractivity contribution in [1.29, 1.82) is 0 Å². The molecule has 2 rings (SSSR count). The monoisotopic (exact) mass is 298 g/mol. The zero-order valence-corrected chi connectivity index (χ0v) is 11.3. The van der Waals surface area contributed by atoms with Crippen LogP contribution in [0.2, 0.25) is 0 Å². The molecule has 0 saturated heterocycles. The number of nitrogens with zero attached hydrogens (tertiary/aromatic N) is 3. The minimum absolute atomic E-state index is 0.0272. The molecule has 0 aliphatic carbocycles. The van der Waals surface area contributed by atoms with E-state index >= 15 is 0 Å². The standard InChI is InChI=1S/C13H13F3N4O/c1-20(8-5-3-4-6-9(8)21-2)11-7-10(13(14,15)16)18-12(17)19-11/h3-7H,1-2H3,(H2,17,18,19). The van der Waals surface area contributed by atoms with Crippen LogP contribution >= 0.6 is 0 Å². The first-order valence-electron chi connectivity index (χ1n) is 5.91. The summed E-state index contributed by atoms with van der Waals surface area (Å²) in [6.07, 6.45) is -4.59. The zero-order chi connectivity index (χ0) is 15.6. The van der Waals surface area contributed by atoms with Gasteiger partial charge in [-0.05, 0) is 12.1 Å². The summed E-state index contributed by atoms with van der Waals surface area (Å²) in [5, 5.41) is 0. The number of rotatable bonds is 3. The second kappa shape index (κ2) is 5.47. The van der Waals surface area contributed by atoms with E-state index in [0.717, 1.165) is 6.07 Å². The van der Waals surface area contributed by atoms with Gasteiger partial charge in [-0.1, -0.05) is 12.1 Å². The molecule has 0 aliphatic heterocycles. The highest BCUT2D eigenvalue weighted by molar-refractivity contribution is 5.67. The largest absolute Gasteiger partial charge is 0.495 e. The number of hydrogen-bond donors (Lipinski definition) is 1. The summed E-state index contributed by atoms with van der Waals surface area (Å²) < 4.78 is 43.5. The van der Waals surface area contributed by atoms with E-state index in [1.807, 2.05) is 0 Å². The van der Waals surface area contributed by atoms with Crippen molar-refractivity contribution in [3.63, 3.8) is 0 Å². The van der Waals surface area contributed by atoms with Crippen molar-refractivity contribution in [1.82, 2.24) is 9.97 Å². The highest BCUT2D eigenvalue weighted by Gasteiger charge is 2.34. The fraction of sp³-hybridized carbons (Fsp3) is 0.231. The number of nitrogens with two attached hydrogens (primary N) is 1. The van der Waals surface area contributed by atoms with Gasteiger partial charge in [0.25, 0.3) is 0 Å². The van der Waals surface area contributed by atoms with Crippen molar-refractivity contribution in [3.05, 3.63) is 36.0 Å². The second-order valence-corrected chi connectivity index (χ2v) is 4.20. The zero-order valence-electron chi connectivity index (χ0n) is 11.3. The second-order valence-electron chi connectivity index (χ2n) is 4.20. The Hall–Kier alpha value is -2.51. The molecule has 1 aromatic carbocycles. The van der Waals surface area contributed by atoms with Crippen LogP contribution in [0.1, 0.15) is 5.69 Å². The van der Waals surface area contributed by atoms with Crippen molar-refractivity contribution in [2.75, 3.05) is 24.8 Å². The highest BCUT2D eigenvalue weighted by atomic mass is 19.4. The summed E-state index contributed by atoms with van der Waals surface area (Å²) in [5.74, 6) is 0.0895. The normalized spacial score (nSPS) is 11.3. The Bertz CT molecular complexity index is 646. The minimum atomic E-state index is -4.59. The smallest absolute Gasteiger partial charge is 0.433 e. The van der Waals surface area contributed by atoms with Crippen LogP contribution in [0.15, 0.2) is 30.3 Å². The Kier molecular flexibility index (Phi) is 3.88. The SMILES string of the molecule is COc1ccccc1N(C)c1cc(C(F)(F)F)nc(N)n1. The Labute approximate surface area is 119 Å². The molecule has 8 heteroatoms. The number of benzene rings is 1. The van der Waals surface area contributed by atoms with Gasteiger partial charge in [-0.15, -0.1) is 0 Å². The minimum Gasteiger partial charge on any atom is -0.495 e. The molecule has 2 N–H and O–H groups in total. The van der Waals surface area contributed by atoms with Crippen LogP contribution in [0, 0.1) is 0 Å². The molecule has 1 heterocycles. The molecule has 0 spiro atoms. The molecule has 21 heavy (non-hydrogen) atoms. The number of hydrogen-bond acceptors (Lipinski definition) is 5. The molecule has 0 fully saturated rings. The molecule has 2 aromatic rings. The lowest BCUT2D eigenvalue weighted by molar-refractivity contribution is -0.141. The maximum Gasteiger partial charge on any atom is 0.433 e. The molecule has 0 aliphatic rings. The van der Waals surface area contributed by atoms with Gasteiger partial charge in [-0.2, -0.15) is 18.2 Å². The number of para-hydroxylation sites is 2. The predicted molar refractivity (Wildman–Crippen MR) is 72.5 cm³/mol. The third-order valence-electron chi connectivity index (χ3n) is 2.81. The number of methoxy groups -OCH3 is 1. The molecule has 5 nitrogen and oxygen atoms in total. The van der Waals surface area contributed by atoms with Crippen LogP contribution in [0.4, 0.5) is 30.6 Å². The molecule has 0 amide bonds. The highest BCUT2D eigenvalue weighted by Crippen LogP contribution is 2.34. The molecule has 0 bridgehead atoms. The van der Waals surface area contributed by atoms with Crippen LogP contribution in [-0.2, 0) is 6.18 Å². The number of anilines is 3. The van der Waals surface area contributed by atoms with E-state index in [9.17, 15) is 13.2 Å². The fourth-order valence-electron chi connectivity index (χ4n) is 1.80. The number of halogens is 3. The summed E-state index contributed by atoms with van der Waals surface area (Å²) in [5.41, 5.74) is 4.83. The van der Waals surface area contributed by atoms with E-state index in [1.165, 1.54) is 12.0 Å². The van der Waals surface area contributed by atoms with E-state index in [4.69, 9.17) is 10.5 Å². The predicted octanol–water partition coefficient (Wildman–Crippen LogP) is 2.85. The van der Waals surface area contributed by atoms with Crippen molar-refractivity contribution in [2.45, 2.75) is 6.18 Å². The lowest BCUT2D eigenvalue weighted by Gasteiger charge is -2.21. The number of ether oxygens (including phenoxy) is 1. The van der Waals surface area contributed by atoms with E-state index in [2.05, 4.69) is 9.97 Å². The molecule has 1 aromatic heterocycles. The third-order valence-corrected chi connectivity index (χ3v) is 2.81. The molecular weight excluding hydrogens is 285 g/mol. The van der Waals surface area contributed by atoms with E-state index in [-0.39, 0.29) is 5.82 Å². The molecule has 0 unspecified atom stereocenters. The van der Waals surface area contributed by atoms with Gasteiger partial charge in [0.1, 0.15) is 11.6 Å². The molecule has 0 radical (unpaired) electrons. The molecule has 0 saturated carbocycles. The van der Waals surface area contributed by atoms with Gasteiger partial charge in [-0.3, -0.25) is 0 Å². The van der Waals surface area contributed by atoms with Gasteiger partial charge in [0.05, 0.1) is 12.8 Å². The van der Waals surface area contributed by atoms with Gasteiger partial charge in [0, 0.05) is 13.1 Å². The lowest BCUT2D eigenvalue weighted by Crippen LogP contribution is -2.17. The van der Waals surface area contributed by atoms with E-state index in [0.29, 0.717) is 11.4 Å². The molecule has 112 valence electrons. The van der Waals surface area contributed by atoms with Crippen LogP contribution in [0.25, 0.3) is 0 Å². The Morgan fingerprint density at radius 1 is 1.19 bits per heavy atom. The molecular formula is C13H13F3N4O. The fourth-order valence-corrected chi connectivity index (χ4v) is 1.80. The van der Waals surface area contributed by atoms with E-state index < -0.39 is 17.8 Å². The topological polar surface area (TPSA) is 64.3 Å². The van der Waals surface area contributed by atoms with Gasteiger partial charge >= 0.3 is 6.18 Å². The number of alkyl halides is 3. The van der Waals surface area contributed by atoms with Crippen LogP contribution in [0.5, 0.6) is 5.75 Å². The average Bonchev–Trinajstić information content (AvgIpc) is 2.45. The lowest BCUT2D eigenvalue weighted by atomic mass is 10.2. The maximum atomic E-state index is 12.8. The first-order valence-corrected chi connectivity index (χ1v) is 5.91. The van der Waals surface area contributed by atoms with Gasteiger partial charge < -0.3 is 15.4 Å². The van der Waals surface area contributed by atoms with Crippen molar-refractivity contribution in [2.24, 2.45) is 0 Å². The number of aromatic nitrogens is 2. The van der Waals surface area contributed by atoms with Gasteiger partial charge in [-0.25, -0.2) is 4.98 Å². The first kappa shape index (κ1) is 14.9. The Morgan fingerprint density at radius 2 is 1.86 bits per heavy atom. The summed E-state index contributed by atoms with van der Waals surface area (Å²) in [7, 11) is 3.04. The van der Waals surface area contributed by atoms with Crippen molar-refractivity contribution >= 4 is 17.5 Å². The summed E-state index contributed by atoms with van der Waals surface area (Å²) in [6.45, 7) is 0. The van der Waals surface area contributed by atoms with E-state index in [1.54, 1.807) is 31.3 Å². The average molecular weight is 298 g/mol. The van der Waals surface area contributed by atoms with Gasteiger partial charge in [0.15, 0.2) is 5.69 Å². The van der Waals surface area contributed by atoms with Crippen LogP contribution in [0.3, 0.4) is 0 Å². The summed E-state index contributed by atoms with van der Waals surface area (Å²) in [6, 6.07) is 7.73. The third kappa shape index (κ3) is 3.15.